The number of para-hydroxylation sites is 2. The van der Waals surface area contributed by atoms with Crippen LogP contribution in [0.25, 0.3) is 5.69 Å². The zero-order valence-corrected chi connectivity index (χ0v) is 16.7. The van der Waals surface area contributed by atoms with E-state index in [9.17, 15) is 0 Å². The van der Waals surface area contributed by atoms with Gasteiger partial charge in [0.1, 0.15) is 5.75 Å². The van der Waals surface area contributed by atoms with Crippen LogP contribution in [0, 0.1) is 0 Å². The third-order valence-corrected chi connectivity index (χ3v) is 5.09. The van der Waals surface area contributed by atoms with E-state index in [0.29, 0.717) is 0 Å². The highest BCUT2D eigenvalue weighted by Crippen LogP contribution is 2.29. The van der Waals surface area contributed by atoms with E-state index in [-0.39, 0.29) is 6.10 Å². The highest BCUT2D eigenvalue weighted by Gasteiger charge is 2.20. The van der Waals surface area contributed by atoms with Crippen molar-refractivity contribution in [3.05, 3.63) is 72.8 Å². The minimum atomic E-state index is 0.188. The van der Waals surface area contributed by atoms with Crippen LogP contribution in [0.15, 0.2) is 67.3 Å². The molecule has 1 fully saturated rings. The van der Waals surface area contributed by atoms with E-state index in [1.807, 2.05) is 23.2 Å². The van der Waals surface area contributed by atoms with Crippen LogP contribution >= 0.6 is 0 Å². The smallest absolute Gasteiger partial charge is 0.142 e. The highest BCUT2D eigenvalue weighted by molar-refractivity contribution is 5.58. The topological polar surface area (TPSA) is 33.5 Å². The normalized spacial score (nSPS) is 15.2. The Labute approximate surface area is 167 Å². The lowest BCUT2D eigenvalue weighted by Crippen LogP contribution is -2.46. The predicted octanol–water partition coefficient (Wildman–Crippen LogP) is 3.98. The van der Waals surface area contributed by atoms with Crippen LogP contribution < -0.4 is 9.64 Å². The number of aromatic nitrogens is 2. The average molecular weight is 377 g/mol. The van der Waals surface area contributed by atoms with Gasteiger partial charge in [0, 0.05) is 50.8 Å². The summed E-state index contributed by atoms with van der Waals surface area (Å²) in [5, 5.41) is 0. The van der Waals surface area contributed by atoms with E-state index < -0.39 is 0 Å². The highest BCUT2D eigenvalue weighted by atomic mass is 16.5. The summed E-state index contributed by atoms with van der Waals surface area (Å²) in [6, 6.07) is 17.1. The van der Waals surface area contributed by atoms with Crippen LogP contribution in [0.5, 0.6) is 5.75 Å². The summed E-state index contributed by atoms with van der Waals surface area (Å²) >= 11 is 0. The average Bonchev–Trinajstić information content (AvgIpc) is 3.24. The van der Waals surface area contributed by atoms with Gasteiger partial charge in [-0.25, -0.2) is 4.98 Å². The molecule has 3 aromatic rings. The molecule has 0 amide bonds. The number of hydrogen-bond donors (Lipinski definition) is 0. The van der Waals surface area contributed by atoms with Crippen LogP contribution in [0.4, 0.5) is 5.69 Å². The zero-order valence-electron chi connectivity index (χ0n) is 16.7. The van der Waals surface area contributed by atoms with Crippen LogP contribution in [-0.2, 0) is 6.54 Å². The number of anilines is 1. The standard InChI is InChI=1S/C23H28N4O/c1-19(2)28-23-6-4-3-5-22(23)26-15-13-25(14-16-26)17-20-7-9-21(10-8-20)27-12-11-24-18-27/h3-12,18-19H,13-17H2,1-2H3. The molecule has 0 saturated carbocycles. The van der Waals surface area contributed by atoms with Crippen molar-refractivity contribution in [1.82, 2.24) is 14.5 Å². The van der Waals surface area contributed by atoms with Gasteiger partial charge in [-0.15, -0.1) is 0 Å². The molecule has 1 aromatic heterocycles. The molecular formula is C23H28N4O. The van der Waals surface area contributed by atoms with E-state index in [4.69, 9.17) is 4.74 Å². The zero-order chi connectivity index (χ0) is 19.3. The van der Waals surface area contributed by atoms with Crippen LogP contribution in [0.2, 0.25) is 0 Å². The summed E-state index contributed by atoms with van der Waals surface area (Å²) in [6.07, 6.45) is 5.79. The number of nitrogens with zero attached hydrogens (tertiary/aromatic N) is 4. The molecule has 4 rings (SSSR count). The van der Waals surface area contributed by atoms with Gasteiger partial charge in [0.15, 0.2) is 0 Å². The van der Waals surface area contributed by atoms with E-state index in [1.54, 1.807) is 6.20 Å². The second-order valence-electron chi connectivity index (χ2n) is 7.53. The second kappa shape index (κ2) is 8.48. The van der Waals surface area contributed by atoms with Crippen LogP contribution in [-0.4, -0.2) is 46.7 Å². The number of hydrogen-bond acceptors (Lipinski definition) is 4. The van der Waals surface area contributed by atoms with Crippen molar-refractivity contribution in [2.75, 3.05) is 31.1 Å². The van der Waals surface area contributed by atoms with E-state index >= 15 is 0 Å². The number of ether oxygens (including phenoxy) is 1. The Hall–Kier alpha value is -2.79. The van der Waals surface area contributed by atoms with Gasteiger partial charge in [-0.05, 0) is 43.7 Å². The molecule has 2 aromatic carbocycles. The van der Waals surface area contributed by atoms with Gasteiger partial charge in [0.2, 0.25) is 0 Å². The Kier molecular flexibility index (Phi) is 5.63. The molecule has 0 spiro atoms. The molecule has 1 aliphatic rings. The molecule has 5 heteroatoms. The first kappa shape index (κ1) is 18.6. The molecule has 0 unspecified atom stereocenters. The molecule has 0 N–H and O–H groups in total. The number of benzene rings is 2. The van der Waals surface area contributed by atoms with Gasteiger partial charge in [0.05, 0.1) is 18.1 Å². The van der Waals surface area contributed by atoms with Gasteiger partial charge < -0.3 is 14.2 Å². The monoisotopic (exact) mass is 376 g/mol. The Bertz CT molecular complexity index is 866. The van der Waals surface area contributed by atoms with E-state index in [2.05, 4.69) is 71.1 Å². The summed E-state index contributed by atoms with van der Waals surface area (Å²) in [5.74, 6) is 0.987. The molecular weight excluding hydrogens is 348 g/mol. The van der Waals surface area contributed by atoms with Gasteiger partial charge in [-0.3, -0.25) is 4.90 Å². The Morgan fingerprint density at radius 2 is 1.71 bits per heavy atom. The van der Waals surface area contributed by atoms with Gasteiger partial charge in [-0.2, -0.15) is 0 Å². The second-order valence-corrected chi connectivity index (χ2v) is 7.53. The fourth-order valence-corrected chi connectivity index (χ4v) is 3.66. The SMILES string of the molecule is CC(C)Oc1ccccc1N1CCN(Cc2ccc(-n3ccnc3)cc2)CC1. The first-order valence-corrected chi connectivity index (χ1v) is 9.99. The molecule has 1 saturated heterocycles. The summed E-state index contributed by atoms with van der Waals surface area (Å²) in [4.78, 5) is 9.07. The Morgan fingerprint density at radius 3 is 2.39 bits per heavy atom. The maximum atomic E-state index is 6.00. The maximum absolute atomic E-state index is 6.00. The molecule has 0 bridgehead atoms. The summed E-state index contributed by atoms with van der Waals surface area (Å²) < 4.78 is 8.03. The lowest BCUT2D eigenvalue weighted by molar-refractivity contribution is 0.235. The molecule has 28 heavy (non-hydrogen) atoms. The molecule has 146 valence electrons. The summed E-state index contributed by atoms with van der Waals surface area (Å²) in [6.45, 7) is 9.29. The Morgan fingerprint density at radius 1 is 0.964 bits per heavy atom. The van der Waals surface area contributed by atoms with E-state index in [0.717, 1.165) is 44.2 Å². The fraction of sp³-hybridized carbons (Fsp3) is 0.348. The van der Waals surface area contributed by atoms with Crippen LogP contribution in [0.1, 0.15) is 19.4 Å². The number of piperazine rings is 1. The van der Waals surface area contributed by atoms with Crippen LogP contribution in [0.3, 0.4) is 0 Å². The first-order chi connectivity index (χ1) is 13.7. The van der Waals surface area contributed by atoms with Crippen molar-refractivity contribution in [3.63, 3.8) is 0 Å². The minimum Gasteiger partial charge on any atom is -0.489 e. The van der Waals surface area contributed by atoms with Crippen molar-refractivity contribution >= 4 is 5.69 Å². The predicted molar refractivity (Wildman–Crippen MR) is 113 cm³/mol. The van der Waals surface area contributed by atoms with Crippen molar-refractivity contribution < 1.29 is 4.74 Å². The lowest BCUT2D eigenvalue weighted by atomic mass is 10.1. The van der Waals surface area contributed by atoms with Crippen molar-refractivity contribution in [2.45, 2.75) is 26.5 Å². The maximum Gasteiger partial charge on any atom is 0.142 e. The van der Waals surface area contributed by atoms with E-state index in [1.165, 1.54) is 11.3 Å². The molecule has 5 nitrogen and oxygen atoms in total. The largest absolute Gasteiger partial charge is 0.489 e. The number of rotatable bonds is 6. The third kappa shape index (κ3) is 4.37. The van der Waals surface area contributed by atoms with Gasteiger partial charge >= 0.3 is 0 Å². The van der Waals surface area contributed by atoms with Gasteiger partial charge in [-0.1, -0.05) is 24.3 Å². The lowest BCUT2D eigenvalue weighted by Gasteiger charge is -2.37. The van der Waals surface area contributed by atoms with Crippen molar-refractivity contribution in [3.8, 4) is 11.4 Å². The quantitative estimate of drug-likeness (QED) is 0.652. The van der Waals surface area contributed by atoms with Gasteiger partial charge in [0.25, 0.3) is 0 Å². The molecule has 0 aliphatic carbocycles. The summed E-state index contributed by atoms with van der Waals surface area (Å²) in [7, 11) is 0. The number of imidazole rings is 1. The molecule has 0 radical (unpaired) electrons. The first-order valence-electron chi connectivity index (χ1n) is 9.99. The molecule has 0 atom stereocenters. The fourth-order valence-electron chi connectivity index (χ4n) is 3.66. The molecule has 1 aliphatic heterocycles. The molecule has 2 heterocycles. The minimum absolute atomic E-state index is 0.188. The summed E-state index contributed by atoms with van der Waals surface area (Å²) in [5.41, 5.74) is 3.70. The van der Waals surface area contributed by atoms with Crippen molar-refractivity contribution in [2.24, 2.45) is 0 Å². The van der Waals surface area contributed by atoms with Crippen molar-refractivity contribution in [1.29, 1.82) is 0 Å². The Balaban J connectivity index is 1.35. The third-order valence-electron chi connectivity index (χ3n) is 5.09.